The van der Waals surface area contributed by atoms with Crippen molar-refractivity contribution in [2.75, 3.05) is 13.2 Å². The fraction of sp³-hybridized carbons (Fsp3) is 0.600. The highest BCUT2D eigenvalue weighted by Gasteiger charge is 2.68. The van der Waals surface area contributed by atoms with Gasteiger partial charge in [-0.1, -0.05) is 88.6 Å². The Morgan fingerprint density at radius 1 is 0.982 bits per heavy atom. The average Bonchev–Trinajstić information content (AvgIpc) is 3.67. The molecule has 6 N–H and O–H groups in total. The minimum absolute atomic E-state index is 0.0743. The van der Waals surface area contributed by atoms with Gasteiger partial charge in [0.15, 0.2) is 5.03 Å². The van der Waals surface area contributed by atoms with Gasteiger partial charge in [0.2, 0.25) is 11.8 Å². The Morgan fingerprint density at radius 2 is 1.62 bits per heavy atom. The molecule has 2 aromatic rings. The van der Waals surface area contributed by atoms with Crippen molar-refractivity contribution >= 4 is 31.0 Å². The van der Waals surface area contributed by atoms with E-state index in [9.17, 15) is 24.5 Å². The Morgan fingerprint density at radius 3 is 2.23 bits per heavy atom. The summed E-state index contributed by atoms with van der Waals surface area (Å²) in [6.45, 7) is 12.8. The van der Waals surface area contributed by atoms with Gasteiger partial charge in [0.25, 0.3) is 5.96 Å². The van der Waals surface area contributed by atoms with Crippen LogP contribution in [0.5, 0.6) is 0 Å². The summed E-state index contributed by atoms with van der Waals surface area (Å²) in [5, 5.41) is 28.8. The molecule has 4 aliphatic carbocycles. The van der Waals surface area contributed by atoms with Gasteiger partial charge in [-0.3, -0.25) is 15.0 Å². The number of nitrogens with one attached hydrogen (secondary N) is 6. The number of guanidine groups is 1. The van der Waals surface area contributed by atoms with E-state index in [0.717, 1.165) is 35.1 Å². The highest BCUT2D eigenvalue weighted by molar-refractivity contribution is 6.48. The monoisotopic (exact) mass is 773 g/mol. The van der Waals surface area contributed by atoms with Gasteiger partial charge >= 0.3 is 13.2 Å². The van der Waals surface area contributed by atoms with Crippen LogP contribution in [0, 0.1) is 38.7 Å². The molecule has 1 unspecified atom stereocenters. The molecule has 1 aliphatic heterocycles. The maximum absolute atomic E-state index is 14.1. The summed E-state index contributed by atoms with van der Waals surface area (Å²) in [6, 6.07) is 14.0. The van der Waals surface area contributed by atoms with E-state index < -0.39 is 59.6 Å². The third kappa shape index (κ3) is 8.51. The van der Waals surface area contributed by atoms with E-state index in [0.29, 0.717) is 18.3 Å². The van der Waals surface area contributed by atoms with E-state index in [4.69, 9.17) is 19.5 Å². The number of nitro groups is 1. The number of hydrogen-bond acceptors (Lipinski definition) is 9. The zero-order valence-electron chi connectivity index (χ0n) is 33.2. The van der Waals surface area contributed by atoms with Gasteiger partial charge in [-0.15, -0.1) is 0 Å². The smallest absolute Gasteiger partial charge is 0.449 e. The number of hydrogen-bond donors (Lipinski definition) is 6. The molecule has 1 saturated heterocycles. The number of ether oxygens (including phenoxy) is 1. The molecule has 7 atom stereocenters. The second-order valence-corrected chi connectivity index (χ2v) is 16.9. The summed E-state index contributed by atoms with van der Waals surface area (Å²) in [6.07, 6.45) is 2.39. The van der Waals surface area contributed by atoms with Gasteiger partial charge in [0, 0.05) is 12.5 Å². The topological polar surface area (TPSA) is 206 Å². The molecule has 2 bridgehead atoms. The molecule has 0 spiro atoms. The van der Waals surface area contributed by atoms with Gasteiger partial charge in [-0.2, -0.15) is 0 Å². The van der Waals surface area contributed by atoms with Crippen LogP contribution in [-0.2, 0) is 23.6 Å². The predicted octanol–water partition coefficient (Wildman–Crippen LogP) is 4.67. The molecule has 0 radical (unpaired) electrons. The first-order valence-corrected chi connectivity index (χ1v) is 19.9. The SMILES string of the molecule is CCC(NC(=O)OCC1c2ccccc2-c2ccccc21)C(=O)N[C@@H](CCCNC(=N)N[N+](=O)[O-])C(=O)N[C@@H](CC(C)C)B1O[C@@H]2C[C@@H]3C[C@@H](C3(C)C)[C@]2(C)O1. The Kier molecular flexibility index (Phi) is 12.3. The molecule has 302 valence electrons. The van der Waals surface area contributed by atoms with Crippen LogP contribution in [0.4, 0.5) is 4.79 Å². The fourth-order valence-corrected chi connectivity index (χ4v) is 9.43. The lowest BCUT2D eigenvalue weighted by atomic mass is 9.43. The second kappa shape index (κ2) is 16.8. The molecule has 3 saturated carbocycles. The molecular weight excluding hydrogens is 717 g/mol. The van der Waals surface area contributed by atoms with Crippen LogP contribution in [0.3, 0.4) is 0 Å². The van der Waals surface area contributed by atoms with Gasteiger partial charge in [0.1, 0.15) is 18.7 Å². The number of benzene rings is 2. The highest BCUT2D eigenvalue weighted by atomic mass is 16.7. The van der Waals surface area contributed by atoms with Crippen molar-refractivity contribution in [3.8, 4) is 11.1 Å². The largest absolute Gasteiger partial charge is 0.481 e. The minimum atomic E-state index is -1.04. The molecule has 0 aromatic heterocycles. The molecule has 16 heteroatoms. The summed E-state index contributed by atoms with van der Waals surface area (Å²) >= 11 is 0. The number of rotatable bonds is 16. The van der Waals surface area contributed by atoms with Crippen molar-refractivity contribution in [2.24, 2.45) is 23.2 Å². The maximum atomic E-state index is 14.1. The molecular formula is C40H56BN7O8. The number of carbonyl (C=O) groups is 3. The molecule has 4 fully saturated rings. The molecule has 1 heterocycles. The van der Waals surface area contributed by atoms with Crippen molar-refractivity contribution in [1.82, 2.24) is 26.7 Å². The van der Waals surface area contributed by atoms with Crippen LogP contribution < -0.4 is 26.7 Å². The Bertz CT molecular complexity index is 1770. The van der Waals surface area contributed by atoms with Crippen molar-refractivity contribution in [3.05, 3.63) is 69.8 Å². The normalized spacial score (nSPS) is 24.3. The molecule has 2 aromatic carbocycles. The summed E-state index contributed by atoms with van der Waals surface area (Å²) in [5.74, 6) is -1.06. The van der Waals surface area contributed by atoms with E-state index in [1.807, 2.05) is 36.4 Å². The first-order chi connectivity index (χ1) is 26.6. The predicted molar refractivity (Wildman–Crippen MR) is 211 cm³/mol. The number of carbonyl (C=O) groups excluding carboxylic acids is 3. The summed E-state index contributed by atoms with van der Waals surface area (Å²) in [5.41, 5.74) is 5.76. The first-order valence-electron chi connectivity index (χ1n) is 19.9. The van der Waals surface area contributed by atoms with Crippen LogP contribution in [-0.4, -0.2) is 78.9 Å². The Hall–Kier alpha value is -4.70. The lowest BCUT2D eigenvalue weighted by molar-refractivity contribution is -0.525. The first kappa shape index (κ1) is 41.0. The third-order valence-electron chi connectivity index (χ3n) is 12.5. The second-order valence-electron chi connectivity index (χ2n) is 16.9. The quantitative estimate of drug-likeness (QED) is 0.0347. The zero-order chi connectivity index (χ0) is 40.4. The van der Waals surface area contributed by atoms with Crippen molar-refractivity contribution in [3.63, 3.8) is 0 Å². The number of alkyl carbamates (subject to hydrolysis) is 1. The fourth-order valence-electron chi connectivity index (χ4n) is 9.43. The van der Waals surface area contributed by atoms with Gasteiger partial charge in [0.05, 0.1) is 17.6 Å². The van der Waals surface area contributed by atoms with Crippen LogP contribution >= 0.6 is 0 Å². The van der Waals surface area contributed by atoms with E-state index in [-0.39, 0.29) is 55.8 Å². The summed E-state index contributed by atoms with van der Waals surface area (Å²) < 4.78 is 19.0. The van der Waals surface area contributed by atoms with E-state index in [1.165, 1.54) is 0 Å². The lowest BCUT2D eigenvalue weighted by Gasteiger charge is -2.64. The lowest BCUT2D eigenvalue weighted by Crippen LogP contribution is -2.65. The number of nitrogens with zero attached hydrogens (tertiary/aromatic N) is 1. The van der Waals surface area contributed by atoms with E-state index >= 15 is 0 Å². The number of fused-ring (bicyclic) bond motifs is 3. The minimum Gasteiger partial charge on any atom is -0.449 e. The molecule has 56 heavy (non-hydrogen) atoms. The van der Waals surface area contributed by atoms with Crippen molar-refractivity contribution in [2.45, 2.75) is 116 Å². The number of hydrazine groups is 1. The third-order valence-corrected chi connectivity index (χ3v) is 12.5. The summed E-state index contributed by atoms with van der Waals surface area (Å²) in [4.78, 5) is 51.8. The van der Waals surface area contributed by atoms with Gasteiger partial charge in [-0.05, 0) is 90.9 Å². The highest BCUT2D eigenvalue weighted by Crippen LogP contribution is 2.65. The van der Waals surface area contributed by atoms with Crippen LogP contribution in [0.15, 0.2) is 48.5 Å². The van der Waals surface area contributed by atoms with E-state index in [1.54, 1.807) is 12.3 Å². The Labute approximate surface area is 328 Å². The van der Waals surface area contributed by atoms with Crippen LogP contribution in [0.2, 0.25) is 0 Å². The van der Waals surface area contributed by atoms with Gasteiger partial charge < -0.3 is 35.3 Å². The number of amides is 3. The molecule has 5 aliphatic rings. The maximum Gasteiger partial charge on any atom is 0.481 e. The van der Waals surface area contributed by atoms with Crippen LogP contribution in [0.1, 0.15) is 97.1 Å². The molecule has 7 rings (SSSR count). The van der Waals surface area contributed by atoms with Crippen molar-refractivity contribution < 1.29 is 33.5 Å². The zero-order valence-corrected chi connectivity index (χ0v) is 33.2. The average molecular weight is 774 g/mol. The standard InChI is InChI=1S/C40H56BN7O8/c1-7-30(45-38(51)54-22-29-27-15-10-8-13-25(27)26-14-9-11-16-28(26)29)35(49)44-31(17-12-18-43-37(42)47-48(52)53)36(50)46-34(19-23(2)3)41-55-33-21-24-20-32(39(24,4)5)40(33,6)56-41/h8-11,13-16,23-24,29-34H,7,12,17-22H2,1-6H3,(H,44,49)(H,45,51)(H,46,50)(H3,42,43,47)/t24-,30?,31-,32-,33+,34-,40-/m0/s1. The van der Waals surface area contributed by atoms with Crippen LogP contribution in [0.25, 0.3) is 11.1 Å². The van der Waals surface area contributed by atoms with E-state index in [2.05, 4.69) is 68.0 Å². The van der Waals surface area contributed by atoms with Gasteiger partial charge in [-0.25, -0.2) is 14.9 Å². The summed E-state index contributed by atoms with van der Waals surface area (Å²) in [7, 11) is -0.670. The molecule has 15 nitrogen and oxygen atoms in total. The molecule has 3 amide bonds. The van der Waals surface area contributed by atoms with Crippen molar-refractivity contribution in [1.29, 1.82) is 5.41 Å². The Balaban J connectivity index is 1.10.